The molecule has 1 heterocycles. The van der Waals surface area contributed by atoms with Crippen molar-refractivity contribution in [2.75, 3.05) is 25.0 Å². The third-order valence-corrected chi connectivity index (χ3v) is 4.89. The lowest BCUT2D eigenvalue weighted by Crippen LogP contribution is -2.57. The normalized spacial score (nSPS) is 18.1. The van der Waals surface area contributed by atoms with E-state index in [1.54, 1.807) is 13.0 Å². The first-order chi connectivity index (χ1) is 12.4. The van der Waals surface area contributed by atoms with Gasteiger partial charge in [0.15, 0.2) is 0 Å². The summed E-state index contributed by atoms with van der Waals surface area (Å²) in [5.74, 6) is -2.89. The summed E-state index contributed by atoms with van der Waals surface area (Å²) in [6.07, 6.45) is -4.81. The van der Waals surface area contributed by atoms with Crippen LogP contribution in [-0.4, -0.2) is 53.7 Å². The van der Waals surface area contributed by atoms with Gasteiger partial charge in [0.2, 0.25) is 11.5 Å². The van der Waals surface area contributed by atoms with Crippen molar-refractivity contribution in [2.24, 2.45) is 5.92 Å². The van der Waals surface area contributed by atoms with Crippen molar-refractivity contribution in [3.05, 3.63) is 29.6 Å². The van der Waals surface area contributed by atoms with Gasteiger partial charge in [-0.3, -0.25) is 9.59 Å². The number of halogens is 4. The molecule has 1 aromatic rings. The Kier molecular flexibility index (Phi) is 5.84. The molecule has 1 fully saturated rings. The summed E-state index contributed by atoms with van der Waals surface area (Å²) in [6.45, 7) is 1.95. The summed E-state index contributed by atoms with van der Waals surface area (Å²) in [6, 6.07) is 4.46. The third-order valence-electron chi connectivity index (χ3n) is 4.89. The van der Waals surface area contributed by atoms with Crippen LogP contribution in [0.4, 0.5) is 23.2 Å². The Labute approximate surface area is 154 Å². The highest BCUT2D eigenvalue weighted by Crippen LogP contribution is 2.33. The number of hydrogen-bond donors (Lipinski definition) is 1. The Morgan fingerprint density at radius 1 is 1.22 bits per heavy atom. The molecule has 1 saturated heterocycles. The molecule has 2 amide bonds. The number of aryl methyl sites for hydroxylation is 1. The average molecular weight is 390 g/mol. The fourth-order valence-electron chi connectivity index (χ4n) is 3.04. The summed E-state index contributed by atoms with van der Waals surface area (Å²) in [5, 5.41) is 9.50. The van der Waals surface area contributed by atoms with Gasteiger partial charge >= 0.3 is 6.18 Å². The second-order valence-corrected chi connectivity index (χ2v) is 6.99. The van der Waals surface area contributed by atoms with Crippen LogP contribution in [0.3, 0.4) is 0 Å². The highest BCUT2D eigenvalue weighted by molar-refractivity contribution is 5.95. The largest absolute Gasteiger partial charge is 0.426 e. The van der Waals surface area contributed by atoms with Crippen LogP contribution < -0.4 is 4.90 Å². The van der Waals surface area contributed by atoms with Crippen molar-refractivity contribution < 1.29 is 32.3 Å². The molecule has 1 aliphatic heterocycles. The summed E-state index contributed by atoms with van der Waals surface area (Å²) < 4.78 is 52.5. The fraction of sp³-hybridized carbons (Fsp3) is 0.556. The summed E-state index contributed by atoms with van der Waals surface area (Å²) in [7, 11) is 1.43. The van der Waals surface area contributed by atoms with Crippen LogP contribution in [0.2, 0.25) is 0 Å². The molecule has 27 heavy (non-hydrogen) atoms. The predicted molar refractivity (Wildman–Crippen MR) is 90.5 cm³/mol. The van der Waals surface area contributed by atoms with E-state index in [1.165, 1.54) is 24.1 Å². The molecule has 1 atom stereocenters. The zero-order valence-corrected chi connectivity index (χ0v) is 15.3. The molecule has 0 radical (unpaired) electrons. The predicted octanol–water partition coefficient (Wildman–Crippen LogP) is 2.65. The molecule has 0 unspecified atom stereocenters. The zero-order chi connectivity index (χ0) is 20.6. The van der Waals surface area contributed by atoms with E-state index in [-0.39, 0.29) is 37.5 Å². The first-order valence-corrected chi connectivity index (χ1v) is 8.48. The second-order valence-electron chi connectivity index (χ2n) is 6.99. The Balaban J connectivity index is 2.02. The standard InChI is InChI=1S/C18H22F4N2O3/c1-11-4-5-14(13(19)10-11)23(3)15(25)12-6-8-24(9-7-12)16(26)17(2,27)18(20,21)22/h4-5,10,12,27H,6-9H2,1-3H3/t17-/m1/s1. The van der Waals surface area contributed by atoms with Crippen molar-refractivity contribution in [1.82, 2.24) is 4.90 Å². The third kappa shape index (κ3) is 4.23. The van der Waals surface area contributed by atoms with E-state index < -0.39 is 29.4 Å². The Morgan fingerprint density at radius 3 is 2.26 bits per heavy atom. The molecule has 1 N–H and O–H groups in total. The van der Waals surface area contributed by atoms with Crippen LogP contribution in [0.15, 0.2) is 18.2 Å². The lowest BCUT2D eigenvalue weighted by molar-refractivity contribution is -0.250. The van der Waals surface area contributed by atoms with Gasteiger partial charge in [0, 0.05) is 26.1 Å². The van der Waals surface area contributed by atoms with E-state index in [0.29, 0.717) is 12.5 Å². The van der Waals surface area contributed by atoms with Gasteiger partial charge in [0.05, 0.1) is 5.69 Å². The minimum Gasteiger partial charge on any atom is -0.373 e. The average Bonchev–Trinajstić information content (AvgIpc) is 2.59. The summed E-state index contributed by atoms with van der Waals surface area (Å²) in [4.78, 5) is 26.7. The molecule has 150 valence electrons. The van der Waals surface area contributed by atoms with Crippen molar-refractivity contribution in [2.45, 2.75) is 38.5 Å². The van der Waals surface area contributed by atoms with E-state index in [9.17, 15) is 32.3 Å². The number of nitrogens with zero attached hydrogens (tertiary/aromatic N) is 2. The number of carbonyl (C=O) groups excluding carboxylic acids is 2. The topological polar surface area (TPSA) is 60.9 Å². The zero-order valence-electron chi connectivity index (χ0n) is 15.3. The van der Waals surface area contributed by atoms with Gasteiger partial charge in [-0.05, 0) is 44.4 Å². The highest BCUT2D eigenvalue weighted by atomic mass is 19.4. The number of rotatable bonds is 3. The molecule has 1 aliphatic rings. The number of benzene rings is 1. The van der Waals surface area contributed by atoms with Crippen molar-refractivity contribution in [3.63, 3.8) is 0 Å². The lowest BCUT2D eigenvalue weighted by Gasteiger charge is -2.37. The molecule has 9 heteroatoms. The van der Waals surface area contributed by atoms with Crippen LogP contribution >= 0.6 is 0 Å². The number of amides is 2. The fourth-order valence-corrected chi connectivity index (χ4v) is 3.04. The van der Waals surface area contributed by atoms with Crippen LogP contribution in [-0.2, 0) is 9.59 Å². The molecule has 0 aliphatic carbocycles. The molecule has 2 rings (SSSR count). The van der Waals surface area contributed by atoms with Crippen molar-refractivity contribution >= 4 is 17.5 Å². The molecule has 0 spiro atoms. The SMILES string of the molecule is Cc1ccc(N(C)C(=O)C2CCN(C(=O)[C@@](C)(O)C(F)(F)F)CC2)c(F)c1. The number of piperidine rings is 1. The molecule has 5 nitrogen and oxygen atoms in total. The maximum absolute atomic E-state index is 14.1. The van der Waals surface area contributed by atoms with Crippen molar-refractivity contribution in [3.8, 4) is 0 Å². The second kappa shape index (κ2) is 7.46. The number of aliphatic hydroxyl groups is 1. The Hall–Kier alpha value is -2.16. The van der Waals surface area contributed by atoms with Crippen LogP contribution in [0, 0.1) is 18.7 Å². The van der Waals surface area contributed by atoms with Crippen molar-refractivity contribution in [1.29, 1.82) is 0 Å². The molecular weight excluding hydrogens is 368 g/mol. The summed E-state index contributed by atoms with van der Waals surface area (Å²) >= 11 is 0. The summed E-state index contributed by atoms with van der Waals surface area (Å²) in [5.41, 5.74) is -2.64. The van der Waals surface area contributed by atoms with Gasteiger partial charge in [-0.2, -0.15) is 13.2 Å². The van der Waals surface area contributed by atoms with Gasteiger partial charge in [-0.25, -0.2) is 4.39 Å². The van der Waals surface area contributed by atoms with E-state index >= 15 is 0 Å². The van der Waals surface area contributed by atoms with Gasteiger partial charge in [-0.1, -0.05) is 6.07 Å². The smallest absolute Gasteiger partial charge is 0.373 e. The maximum atomic E-state index is 14.1. The first-order valence-electron chi connectivity index (χ1n) is 8.48. The van der Waals surface area contributed by atoms with E-state index in [4.69, 9.17) is 0 Å². The molecular formula is C18H22F4N2O3. The first kappa shape index (κ1) is 21.1. The number of likely N-dealkylation sites (tertiary alicyclic amines) is 1. The van der Waals surface area contributed by atoms with E-state index in [2.05, 4.69) is 0 Å². The molecule has 0 saturated carbocycles. The quantitative estimate of drug-likeness (QED) is 0.808. The molecule has 0 aromatic heterocycles. The minimum atomic E-state index is -5.08. The van der Waals surface area contributed by atoms with Gasteiger partial charge in [0.25, 0.3) is 5.91 Å². The highest BCUT2D eigenvalue weighted by Gasteiger charge is 2.57. The Morgan fingerprint density at radius 2 is 1.78 bits per heavy atom. The van der Waals surface area contributed by atoms with E-state index in [0.717, 1.165) is 4.90 Å². The van der Waals surface area contributed by atoms with Gasteiger partial charge < -0.3 is 14.9 Å². The van der Waals surface area contributed by atoms with Crippen LogP contribution in [0.5, 0.6) is 0 Å². The lowest BCUT2D eigenvalue weighted by atomic mass is 9.93. The van der Waals surface area contributed by atoms with Crippen LogP contribution in [0.25, 0.3) is 0 Å². The number of hydrogen-bond acceptors (Lipinski definition) is 3. The molecule has 0 bridgehead atoms. The maximum Gasteiger partial charge on any atom is 0.426 e. The minimum absolute atomic E-state index is 0.0916. The number of anilines is 1. The van der Waals surface area contributed by atoms with Crippen LogP contribution in [0.1, 0.15) is 25.3 Å². The number of alkyl halides is 3. The molecule has 1 aromatic carbocycles. The van der Waals surface area contributed by atoms with Gasteiger partial charge in [-0.15, -0.1) is 0 Å². The number of carbonyl (C=O) groups is 2. The van der Waals surface area contributed by atoms with Gasteiger partial charge in [0.1, 0.15) is 5.82 Å². The Bertz CT molecular complexity index is 726. The monoisotopic (exact) mass is 390 g/mol. The van der Waals surface area contributed by atoms with E-state index in [1.807, 2.05) is 0 Å².